The lowest BCUT2D eigenvalue weighted by Crippen LogP contribution is -2.54. The van der Waals surface area contributed by atoms with Gasteiger partial charge in [0.2, 0.25) is 5.91 Å². The number of nitrogens with one attached hydrogen (secondary N) is 1. The molecule has 0 aliphatic heterocycles. The van der Waals surface area contributed by atoms with Crippen LogP contribution in [0.3, 0.4) is 0 Å². The van der Waals surface area contributed by atoms with Gasteiger partial charge in [0.15, 0.2) is 0 Å². The van der Waals surface area contributed by atoms with Crippen molar-refractivity contribution in [2.45, 2.75) is 58.4 Å². The maximum Gasteiger partial charge on any atom is 0.220 e. The first-order valence-electron chi connectivity index (χ1n) is 5.86. The van der Waals surface area contributed by atoms with E-state index in [9.17, 15) is 4.79 Å². The minimum atomic E-state index is -0.0998. The third-order valence-corrected chi connectivity index (χ3v) is 3.09. The molecular formula is C12H24N2O. The van der Waals surface area contributed by atoms with E-state index in [1.54, 1.807) is 0 Å². The number of nitrogens with two attached hydrogens (primary N) is 1. The normalized spacial score (nSPS) is 19.5. The molecule has 15 heavy (non-hydrogen) atoms. The minimum absolute atomic E-state index is 0.0998. The molecular weight excluding hydrogens is 188 g/mol. The molecule has 0 aromatic heterocycles. The van der Waals surface area contributed by atoms with Gasteiger partial charge in [-0.3, -0.25) is 4.79 Å². The number of hydrogen-bond donors (Lipinski definition) is 2. The Kier molecular flexibility index (Phi) is 3.77. The molecule has 0 atom stereocenters. The molecule has 3 nitrogen and oxygen atoms in total. The molecule has 0 bridgehead atoms. The number of rotatable bonds is 4. The van der Waals surface area contributed by atoms with Crippen molar-refractivity contribution in [1.29, 1.82) is 0 Å². The molecule has 1 amide bonds. The van der Waals surface area contributed by atoms with Crippen molar-refractivity contribution in [3.05, 3.63) is 0 Å². The predicted octanol–water partition coefficient (Wildman–Crippen LogP) is 1.81. The molecule has 1 fully saturated rings. The van der Waals surface area contributed by atoms with Crippen LogP contribution in [0, 0.1) is 5.41 Å². The van der Waals surface area contributed by atoms with Crippen LogP contribution >= 0.6 is 0 Å². The van der Waals surface area contributed by atoms with Crippen molar-refractivity contribution >= 4 is 5.91 Å². The van der Waals surface area contributed by atoms with Gasteiger partial charge in [-0.25, -0.2) is 0 Å². The molecule has 1 saturated carbocycles. The van der Waals surface area contributed by atoms with E-state index in [1.165, 1.54) is 6.42 Å². The predicted molar refractivity (Wildman–Crippen MR) is 62.5 cm³/mol. The second-order valence-corrected chi connectivity index (χ2v) is 6.05. The zero-order chi connectivity index (χ0) is 11.5. The first-order chi connectivity index (χ1) is 6.81. The molecule has 88 valence electrons. The maximum absolute atomic E-state index is 11.5. The van der Waals surface area contributed by atoms with Gasteiger partial charge in [-0.15, -0.1) is 0 Å². The topological polar surface area (TPSA) is 55.1 Å². The fraction of sp³-hybridized carbons (Fsp3) is 0.917. The summed E-state index contributed by atoms with van der Waals surface area (Å²) in [6, 6.07) is 0. The molecule has 1 aliphatic rings. The highest BCUT2D eigenvalue weighted by Gasteiger charge is 2.32. The fourth-order valence-corrected chi connectivity index (χ4v) is 1.66. The molecule has 0 aromatic rings. The minimum Gasteiger partial charge on any atom is -0.354 e. The number of carbonyl (C=O) groups is 1. The van der Waals surface area contributed by atoms with Crippen molar-refractivity contribution in [2.24, 2.45) is 11.1 Å². The smallest absolute Gasteiger partial charge is 0.220 e. The van der Waals surface area contributed by atoms with E-state index in [-0.39, 0.29) is 16.9 Å². The Morgan fingerprint density at radius 3 is 2.40 bits per heavy atom. The quantitative estimate of drug-likeness (QED) is 0.746. The van der Waals surface area contributed by atoms with Crippen LogP contribution in [0.4, 0.5) is 0 Å². The van der Waals surface area contributed by atoms with Crippen LogP contribution in [0.1, 0.15) is 52.9 Å². The van der Waals surface area contributed by atoms with Crippen LogP contribution in [0.25, 0.3) is 0 Å². The van der Waals surface area contributed by atoms with Crippen LogP contribution < -0.4 is 11.1 Å². The summed E-state index contributed by atoms with van der Waals surface area (Å²) in [6.45, 7) is 7.10. The van der Waals surface area contributed by atoms with Gasteiger partial charge < -0.3 is 11.1 Å². The van der Waals surface area contributed by atoms with Gasteiger partial charge in [0.1, 0.15) is 0 Å². The second kappa shape index (κ2) is 4.52. The number of carbonyl (C=O) groups excluding carboxylic acids is 1. The average molecular weight is 212 g/mol. The Labute approximate surface area is 92.8 Å². The first kappa shape index (κ1) is 12.5. The van der Waals surface area contributed by atoms with E-state index >= 15 is 0 Å². The van der Waals surface area contributed by atoms with E-state index in [1.807, 2.05) is 0 Å². The van der Waals surface area contributed by atoms with Gasteiger partial charge >= 0.3 is 0 Å². The van der Waals surface area contributed by atoms with Crippen molar-refractivity contribution in [2.75, 3.05) is 6.54 Å². The zero-order valence-electron chi connectivity index (χ0n) is 10.2. The summed E-state index contributed by atoms with van der Waals surface area (Å²) in [6.07, 6.45) is 4.84. The van der Waals surface area contributed by atoms with Crippen molar-refractivity contribution in [3.8, 4) is 0 Å². The molecule has 0 radical (unpaired) electrons. The van der Waals surface area contributed by atoms with E-state index in [4.69, 9.17) is 5.73 Å². The third kappa shape index (κ3) is 4.65. The van der Waals surface area contributed by atoms with Gasteiger partial charge in [0.25, 0.3) is 0 Å². The summed E-state index contributed by atoms with van der Waals surface area (Å²) in [5, 5.41) is 2.93. The van der Waals surface area contributed by atoms with Crippen molar-refractivity contribution in [1.82, 2.24) is 5.32 Å². The summed E-state index contributed by atoms with van der Waals surface area (Å²) in [4.78, 5) is 11.5. The summed E-state index contributed by atoms with van der Waals surface area (Å²) >= 11 is 0. The van der Waals surface area contributed by atoms with Crippen molar-refractivity contribution in [3.63, 3.8) is 0 Å². The van der Waals surface area contributed by atoms with Gasteiger partial charge in [-0.1, -0.05) is 20.8 Å². The molecule has 3 heteroatoms. The van der Waals surface area contributed by atoms with E-state index in [2.05, 4.69) is 26.1 Å². The van der Waals surface area contributed by atoms with Crippen LogP contribution in [0.2, 0.25) is 0 Å². The highest BCUT2D eigenvalue weighted by Crippen LogP contribution is 2.28. The molecule has 0 heterocycles. The van der Waals surface area contributed by atoms with E-state index < -0.39 is 0 Å². The largest absolute Gasteiger partial charge is 0.354 e. The van der Waals surface area contributed by atoms with Crippen LogP contribution in [-0.2, 0) is 4.79 Å². The Bertz CT molecular complexity index is 226. The highest BCUT2D eigenvalue weighted by molar-refractivity contribution is 5.76. The first-order valence-corrected chi connectivity index (χ1v) is 5.86. The van der Waals surface area contributed by atoms with Gasteiger partial charge in [0.05, 0.1) is 0 Å². The average Bonchev–Trinajstić information content (AvgIpc) is 2.07. The number of amides is 1. The Balaban J connectivity index is 2.14. The lowest BCUT2D eigenvalue weighted by Gasteiger charge is -2.38. The van der Waals surface area contributed by atoms with Crippen LogP contribution in [-0.4, -0.2) is 18.0 Å². The SMILES string of the molecule is CC(C)(C)CCC(=O)NCC1(N)CCC1. The molecule has 3 N–H and O–H groups in total. The standard InChI is InChI=1S/C12H24N2O/c1-11(2,3)8-5-10(15)14-9-12(13)6-4-7-12/h4-9,13H2,1-3H3,(H,14,15). The Morgan fingerprint density at radius 2 is 2.00 bits per heavy atom. The zero-order valence-corrected chi connectivity index (χ0v) is 10.2. The summed E-state index contributed by atoms with van der Waals surface area (Å²) in [5.41, 5.74) is 6.15. The van der Waals surface area contributed by atoms with Gasteiger partial charge in [-0.05, 0) is 31.1 Å². The van der Waals surface area contributed by atoms with Crippen molar-refractivity contribution < 1.29 is 4.79 Å². The fourth-order valence-electron chi connectivity index (χ4n) is 1.66. The molecule has 0 unspecified atom stereocenters. The molecule has 0 aromatic carbocycles. The van der Waals surface area contributed by atoms with E-state index in [0.29, 0.717) is 13.0 Å². The Hall–Kier alpha value is -0.570. The number of hydrogen-bond acceptors (Lipinski definition) is 2. The van der Waals surface area contributed by atoms with Crippen LogP contribution in [0.15, 0.2) is 0 Å². The van der Waals surface area contributed by atoms with Gasteiger partial charge in [-0.2, -0.15) is 0 Å². The molecule has 1 rings (SSSR count). The summed E-state index contributed by atoms with van der Waals surface area (Å²) < 4.78 is 0. The lowest BCUT2D eigenvalue weighted by atomic mass is 9.78. The molecule has 1 aliphatic carbocycles. The maximum atomic E-state index is 11.5. The monoisotopic (exact) mass is 212 g/mol. The van der Waals surface area contributed by atoms with E-state index in [0.717, 1.165) is 19.3 Å². The lowest BCUT2D eigenvalue weighted by molar-refractivity contribution is -0.122. The molecule has 0 spiro atoms. The highest BCUT2D eigenvalue weighted by atomic mass is 16.1. The second-order valence-electron chi connectivity index (χ2n) is 6.05. The molecule has 0 saturated heterocycles. The van der Waals surface area contributed by atoms with Gasteiger partial charge in [0, 0.05) is 18.5 Å². The third-order valence-electron chi connectivity index (χ3n) is 3.09. The van der Waals surface area contributed by atoms with Crippen LogP contribution in [0.5, 0.6) is 0 Å². The summed E-state index contributed by atoms with van der Waals surface area (Å²) in [7, 11) is 0. The summed E-state index contributed by atoms with van der Waals surface area (Å²) in [5.74, 6) is 0.140. The Morgan fingerprint density at radius 1 is 1.40 bits per heavy atom.